The zero-order chi connectivity index (χ0) is 14.1. The lowest BCUT2D eigenvalue weighted by molar-refractivity contribution is -0.117. The molecule has 2 unspecified atom stereocenters. The van der Waals surface area contributed by atoms with Crippen LogP contribution in [0.4, 0.5) is 11.4 Å². The van der Waals surface area contributed by atoms with Gasteiger partial charge in [0, 0.05) is 23.5 Å². The van der Waals surface area contributed by atoms with Crippen LogP contribution in [0, 0.1) is 0 Å². The topological polar surface area (TPSA) is 53.6 Å². The lowest BCUT2D eigenvalue weighted by atomic mass is 10.1. The zero-order valence-corrected chi connectivity index (χ0v) is 12.0. The fourth-order valence-corrected chi connectivity index (χ4v) is 3.05. The van der Waals surface area contributed by atoms with Gasteiger partial charge in [0.2, 0.25) is 5.91 Å². The number of anilines is 2. The monoisotopic (exact) mass is 275 g/mol. The summed E-state index contributed by atoms with van der Waals surface area (Å²) in [5, 5.41) is 5.99. The molecule has 1 aromatic rings. The number of fused-ring (bicyclic) bond motifs is 1. The summed E-state index contributed by atoms with van der Waals surface area (Å²) in [4.78, 5) is 14.2. The van der Waals surface area contributed by atoms with E-state index in [1.54, 1.807) is 0 Å². The van der Waals surface area contributed by atoms with Gasteiger partial charge in [0.15, 0.2) is 0 Å². The molecule has 0 radical (unpaired) electrons. The molecule has 1 saturated heterocycles. The van der Waals surface area contributed by atoms with Gasteiger partial charge in [0.25, 0.3) is 0 Å². The normalized spacial score (nSPS) is 25.5. The second-order valence-electron chi connectivity index (χ2n) is 5.31. The molecule has 2 aliphatic rings. The van der Waals surface area contributed by atoms with Gasteiger partial charge in [-0.1, -0.05) is 13.0 Å². The highest BCUT2D eigenvalue weighted by Crippen LogP contribution is 2.34. The molecule has 2 heterocycles. The maximum Gasteiger partial charge on any atom is 0.246 e. The minimum Gasteiger partial charge on any atom is -0.377 e. The molecule has 1 amide bonds. The van der Waals surface area contributed by atoms with Crippen LogP contribution in [0.1, 0.15) is 24.9 Å². The first-order chi connectivity index (χ1) is 9.74. The van der Waals surface area contributed by atoms with Gasteiger partial charge in [-0.05, 0) is 25.6 Å². The summed E-state index contributed by atoms with van der Waals surface area (Å²) in [6, 6.07) is 6.42. The van der Waals surface area contributed by atoms with Crippen LogP contribution in [0.2, 0.25) is 0 Å². The summed E-state index contributed by atoms with van der Waals surface area (Å²) >= 11 is 0. The number of nitrogens with one attached hydrogen (secondary N) is 2. The van der Waals surface area contributed by atoms with Crippen molar-refractivity contribution >= 4 is 17.3 Å². The van der Waals surface area contributed by atoms with Crippen LogP contribution in [0.25, 0.3) is 0 Å². The molecule has 0 spiro atoms. The average molecular weight is 275 g/mol. The Balaban J connectivity index is 1.89. The molecular weight excluding hydrogens is 254 g/mol. The number of likely N-dealkylation sites (N-methyl/N-ethyl adjacent to an activating group) is 1. The third kappa shape index (κ3) is 2.17. The van der Waals surface area contributed by atoms with E-state index in [4.69, 9.17) is 4.74 Å². The van der Waals surface area contributed by atoms with Gasteiger partial charge in [-0.15, -0.1) is 0 Å². The largest absolute Gasteiger partial charge is 0.377 e. The van der Waals surface area contributed by atoms with Crippen molar-refractivity contribution in [3.8, 4) is 0 Å². The molecule has 0 bridgehead atoms. The Morgan fingerprint density at radius 3 is 3.10 bits per heavy atom. The summed E-state index contributed by atoms with van der Waals surface area (Å²) in [6.07, 6.45) is 1.06. The van der Waals surface area contributed by atoms with Crippen molar-refractivity contribution < 1.29 is 9.53 Å². The summed E-state index contributed by atoms with van der Waals surface area (Å²) < 4.78 is 5.55. The highest BCUT2D eigenvalue weighted by atomic mass is 16.5. The molecule has 3 rings (SSSR count). The van der Waals surface area contributed by atoms with Gasteiger partial charge in [0.1, 0.15) is 6.04 Å². The fourth-order valence-electron chi connectivity index (χ4n) is 3.05. The lowest BCUT2D eigenvalue weighted by Crippen LogP contribution is -2.45. The van der Waals surface area contributed by atoms with E-state index in [0.717, 1.165) is 43.1 Å². The number of amides is 1. The number of nitrogens with zero attached hydrogens (tertiary/aromatic N) is 1. The van der Waals surface area contributed by atoms with Crippen LogP contribution in [0.5, 0.6) is 0 Å². The van der Waals surface area contributed by atoms with Crippen LogP contribution in [-0.2, 0) is 9.53 Å². The van der Waals surface area contributed by atoms with E-state index in [9.17, 15) is 4.79 Å². The molecule has 108 valence electrons. The summed E-state index contributed by atoms with van der Waals surface area (Å²) in [6.45, 7) is 4.62. The molecule has 2 atom stereocenters. The summed E-state index contributed by atoms with van der Waals surface area (Å²) in [7, 11) is 1.81. The maximum atomic E-state index is 11.9. The predicted octanol–water partition coefficient (Wildman–Crippen LogP) is 1.51. The van der Waals surface area contributed by atoms with Gasteiger partial charge in [-0.2, -0.15) is 0 Å². The van der Waals surface area contributed by atoms with Crippen molar-refractivity contribution in [2.24, 2.45) is 0 Å². The second kappa shape index (κ2) is 5.42. The highest BCUT2D eigenvalue weighted by Gasteiger charge is 2.30. The minimum atomic E-state index is -0.231. The van der Waals surface area contributed by atoms with Crippen molar-refractivity contribution in [1.82, 2.24) is 5.32 Å². The van der Waals surface area contributed by atoms with Crippen LogP contribution in [0.15, 0.2) is 18.2 Å². The average Bonchev–Trinajstić information content (AvgIpc) is 2.81. The fraction of sp³-hybridized carbons (Fsp3) is 0.533. The Morgan fingerprint density at radius 1 is 1.50 bits per heavy atom. The lowest BCUT2D eigenvalue weighted by Gasteiger charge is -2.37. The van der Waals surface area contributed by atoms with Crippen LogP contribution in [-0.4, -0.2) is 38.8 Å². The zero-order valence-electron chi connectivity index (χ0n) is 12.0. The summed E-state index contributed by atoms with van der Waals surface area (Å²) in [5.41, 5.74) is 3.12. The van der Waals surface area contributed by atoms with Gasteiger partial charge < -0.3 is 20.3 Å². The first kappa shape index (κ1) is 13.4. The van der Waals surface area contributed by atoms with Crippen molar-refractivity contribution in [2.45, 2.75) is 25.4 Å². The third-order valence-electron chi connectivity index (χ3n) is 4.19. The summed E-state index contributed by atoms with van der Waals surface area (Å²) in [5.74, 6) is 0.0219. The van der Waals surface area contributed by atoms with E-state index in [1.807, 2.05) is 13.1 Å². The molecule has 5 nitrogen and oxygen atoms in total. The Morgan fingerprint density at radius 2 is 2.35 bits per heavy atom. The van der Waals surface area contributed by atoms with Gasteiger partial charge in [-0.3, -0.25) is 4.79 Å². The Hall–Kier alpha value is -1.59. The van der Waals surface area contributed by atoms with Crippen LogP contribution < -0.4 is 15.5 Å². The molecule has 20 heavy (non-hydrogen) atoms. The minimum absolute atomic E-state index is 0.0219. The van der Waals surface area contributed by atoms with E-state index in [0.29, 0.717) is 6.04 Å². The number of morpholine rings is 1. The van der Waals surface area contributed by atoms with Gasteiger partial charge in [-0.25, -0.2) is 0 Å². The number of carbonyl (C=O) groups excluding carboxylic acids is 1. The van der Waals surface area contributed by atoms with Gasteiger partial charge in [0.05, 0.1) is 19.3 Å². The van der Waals surface area contributed by atoms with E-state index in [-0.39, 0.29) is 11.9 Å². The number of rotatable bonds is 3. The van der Waals surface area contributed by atoms with E-state index in [2.05, 4.69) is 34.6 Å². The molecule has 0 saturated carbocycles. The smallest absolute Gasteiger partial charge is 0.246 e. The standard InChI is InChI=1S/C15H21N3O2/c1-3-10-9-20-7-6-18(10)11-4-5-12-13(8-11)17-15(19)14(12)16-2/h4-5,8,10,14,16H,3,6-7,9H2,1-2H3,(H,17,19). The number of carbonyl (C=O) groups is 1. The molecule has 1 aromatic carbocycles. The van der Waals surface area contributed by atoms with Crippen molar-refractivity contribution in [1.29, 1.82) is 0 Å². The number of ether oxygens (including phenoxy) is 1. The van der Waals surface area contributed by atoms with Crippen molar-refractivity contribution in [3.05, 3.63) is 23.8 Å². The van der Waals surface area contributed by atoms with Crippen molar-refractivity contribution in [2.75, 3.05) is 37.0 Å². The molecular formula is C15H21N3O2. The Labute approximate surface area is 119 Å². The first-order valence-corrected chi connectivity index (χ1v) is 7.21. The molecule has 0 aliphatic carbocycles. The first-order valence-electron chi connectivity index (χ1n) is 7.21. The second-order valence-corrected chi connectivity index (χ2v) is 5.31. The number of hydrogen-bond acceptors (Lipinski definition) is 4. The Kier molecular flexibility index (Phi) is 3.63. The van der Waals surface area contributed by atoms with Crippen LogP contribution in [0.3, 0.4) is 0 Å². The quantitative estimate of drug-likeness (QED) is 0.878. The van der Waals surface area contributed by atoms with E-state index < -0.39 is 0 Å². The number of hydrogen-bond donors (Lipinski definition) is 2. The Bertz CT molecular complexity index is 518. The van der Waals surface area contributed by atoms with E-state index in [1.165, 1.54) is 0 Å². The molecule has 5 heteroatoms. The third-order valence-corrected chi connectivity index (χ3v) is 4.19. The molecule has 0 aromatic heterocycles. The SMILES string of the molecule is CCC1COCCN1c1ccc2c(c1)NC(=O)C2NC. The molecule has 2 N–H and O–H groups in total. The predicted molar refractivity (Wildman–Crippen MR) is 79.1 cm³/mol. The van der Waals surface area contributed by atoms with Gasteiger partial charge >= 0.3 is 0 Å². The highest BCUT2D eigenvalue weighted by molar-refractivity contribution is 6.03. The molecule has 2 aliphatic heterocycles. The number of benzene rings is 1. The maximum absolute atomic E-state index is 11.9. The van der Waals surface area contributed by atoms with Crippen LogP contribution >= 0.6 is 0 Å². The molecule has 1 fully saturated rings. The van der Waals surface area contributed by atoms with E-state index >= 15 is 0 Å². The van der Waals surface area contributed by atoms with Crippen molar-refractivity contribution in [3.63, 3.8) is 0 Å².